The van der Waals surface area contributed by atoms with Gasteiger partial charge in [0.05, 0.1) is 31.8 Å². The molecule has 162 valence electrons. The Hall–Kier alpha value is -1.93. The van der Waals surface area contributed by atoms with Gasteiger partial charge in [-0.1, -0.05) is 54.0 Å². The Kier molecular flexibility index (Phi) is 11.0. The van der Waals surface area contributed by atoms with Gasteiger partial charge in [0, 0.05) is 0 Å². The standard InChI is InChI=1S/C18H31N3O5.C2H6/c1-6-8-13(22)11-20-15(24)19(9-7-2)16(25)21(17(20)26)12-14(23)10-18(3,4)5;1-2/h7,13-14,22-23H,2,6,8-12H2,1,3-5H3;1-2H3. The second-order valence-corrected chi connectivity index (χ2v) is 7.83. The summed E-state index contributed by atoms with van der Waals surface area (Å²) in [7, 11) is 0. The predicted molar refractivity (Wildman–Crippen MR) is 112 cm³/mol. The fourth-order valence-corrected chi connectivity index (χ4v) is 2.90. The van der Waals surface area contributed by atoms with E-state index < -0.39 is 29.3 Å². The Bertz CT molecular complexity index is 783. The third-order valence-corrected chi connectivity index (χ3v) is 3.95. The zero-order valence-corrected chi connectivity index (χ0v) is 18.1. The van der Waals surface area contributed by atoms with E-state index in [1.165, 1.54) is 6.08 Å². The Labute approximate surface area is 166 Å². The molecule has 8 nitrogen and oxygen atoms in total. The lowest BCUT2D eigenvalue weighted by molar-refractivity contribution is 0.0987. The van der Waals surface area contributed by atoms with Crippen LogP contribution < -0.4 is 17.1 Å². The molecule has 0 fully saturated rings. The molecule has 2 N–H and O–H groups in total. The van der Waals surface area contributed by atoms with Crippen LogP contribution in [0.2, 0.25) is 0 Å². The Morgan fingerprint density at radius 2 is 1.36 bits per heavy atom. The van der Waals surface area contributed by atoms with Crippen LogP contribution in [-0.2, 0) is 19.6 Å². The van der Waals surface area contributed by atoms with Crippen molar-refractivity contribution in [2.45, 2.75) is 92.6 Å². The van der Waals surface area contributed by atoms with Crippen LogP contribution in [0.25, 0.3) is 0 Å². The second kappa shape index (κ2) is 11.8. The first-order chi connectivity index (χ1) is 13.0. The maximum absolute atomic E-state index is 12.7. The molecular formula is C20H37N3O5. The van der Waals surface area contributed by atoms with Crippen LogP contribution in [0.1, 0.15) is 60.8 Å². The maximum Gasteiger partial charge on any atom is 0.336 e. The van der Waals surface area contributed by atoms with Crippen molar-refractivity contribution in [2.24, 2.45) is 5.41 Å². The van der Waals surface area contributed by atoms with Gasteiger partial charge in [-0.15, -0.1) is 6.58 Å². The molecule has 0 bridgehead atoms. The summed E-state index contributed by atoms with van der Waals surface area (Å²) in [4.78, 5) is 37.7. The molecule has 2 unspecified atom stereocenters. The molecule has 1 rings (SSSR count). The fourth-order valence-electron chi connectivity index (χ4n) is 2.90. The van der Waals surface area contributed by atoms with E-state index in [1.54, 1.807) is 0 Å². The summed E-state index contributed by atoms with van der Waals surface area (Å²) in [6, 6.07) is 0. The van der Waals surface area contributed by atoms with E-state index in [1.807, 2.05) is 41.5 Å². The first-order valence-corrected chi connectivity index (χ1v) is 9.93. The van der Waals surface area contributed by atoms with Crippen LogP contribution >= 0.6 is 0 Å². The summed E-state index contributed by atoms with van der Waals surface area (Å²) in [5, 5.41) is 20.3. The molecule has 0 aliphatic rings. The van der Waals surface area contributed by atoms with Crippen molar-refractivity contribution >= 4 is 0 Å². The van der Waals surface area contributed by atoms with Crippen molar-refractivity contribution in [1.82, 2.24) is 13.7 Å². The number of aliphatic hydroxyl groups excluding tert-OH is 2. The van der Waals surface area contributed by atoms with E-state index in [2.05, 4.69) is 6.58 Å². The Morgan fingerprint density at radius 3 is 1.75 bits per heavy atom. The summed E-state index contributed by atoms with van der Waals surface area (Å²) in [5.41, 5.74) is -2.57. The average molecular weight is 400 g/mol. The summed E-state index contributed by atoms with van der Waals surface area (Å²) in [5.74, 6) is 0. The van der Waals surface area contributed by atoms with Gasteiger partial charge in [-0.3, -0.25) is 0 Å². The van der Waals surface area contributed by atoms with E-state index in [0.29, 0.717) is 19.3 Å². The zero-order valence-electron chi connectivity index (χ0n) is 18.1. The minimum Gasteiger partial charge on any atom is -0.391 e. The molecule has 0 saturated heterocycles. The van der Waals surface area contributed by atoms with Crippen LogP contribution in [-0.4, -0.2) is 36.1 Å². The molecule has 28 heavy (non-hydrogen) atoms. The summed E-state index contributed by atoms with van der Waals surface area (Å²) < 4.78 is 2.60. The molecule has 1 aromatic heterocycles. The highest BCUT2D eigenvalue weighted by Gasteiger charge is 2.22. The molecular weight excluding hydrogens is 362 g/mol. The molecule has 0 amide bonds. The predicted octanol–water partition coefficient (Wildman–Crippen LogP) is 1.34. The van der Waals surface area contributed by atoms with Gasteiger partial charge < -0.3 is 10.2 Å². The molecule has 2 atom stereocenters. The number of hydrogen-bond donors (Lipinski definition) is 2. The monoisotopic (exact) mass is 399 g/mol. The number of allylic oxidation sites excluding steroid dienone is 1. The normalized spacial score (nSPS) is 13.4. The van der Waals surface area contributed by atoms with Gasteiger partial charge in [0.25, 0.3) is 0 Å². The van der Waals surface area contributed by atoms with Crippen LogP contribution in [0.3, 0.4) is 0 Å². The van der Waals surface area contributed by atoms with Gasteiger partial charge in [0.2, 0.25) is 0 Å². The highest BCUT2D eigenvalue weighted by atomic mass is 16.3. The van der Waals surface area contributed by atoms with Crippen LogP contribution in [0, 0.1) is 5.41 Å². The quantitative estimate of drug-likeness (QED) is 0.610. The highest BCUT2D eigenvalue weighted by Crippen LogP contribution is 2.20. The molecule has 0 aliphatic carbocycles. The molecule has 0 spiro atoms. The highest BCUT2D eigenvalue weighted by molar-refractivity contribution is 4.84. The van der Waals surface area contributed by atoms with Gasteiger partial charge in [-0.05, 0) is 18.3 Å². The zero-order chi connectivity index (χ0) is 22.1. The van der Waals surface area contributed by atoms with E-state index in [4.69, 9.17) is 0 Å². The summed E-state index contributed by atoms with van der Waals surface area (Å²) in [6.07, 6.45) is 1.12. The minimum atomic E-state index is -0.913. The molecule has 0 aliphatic heterocycles. The Balaban J connectivity index is 0.00000352. The third-order valence-electron chi connectivity index (χ3n) is 3.95. The van der Waals surface area contributed by atoms with Crippen molar-refractivity contribution in [3.8, 4) is 0 Å². The summed E-state index contributed by atoms with van der Waals surface area (Å²) in [6.45, 7) is 14.8. The van der Waals surface area contributed by atoms with Gasteiger partial charge in [-0.2, -0.15) is 0 Å². The topological polar surface area (TPSA) is 106 Å². The molecule has 1 heterocycles. The largest absolute Gasteiger partial charge is 0.391 e. The number of nitrogens with zero attached hydrogens (tertiary/aromatic N) is 3. The van der Waals surface area contributed by atoms with E-state index in [-0.39, 0.29) is 25.0 Å². The van der Waals surface area contributed by atoms with Crippen LogP contribution in [0.5, 0.6) is 0 Å². The average Bonchev–Trinajstić information content (AvgIpc) is 2.60. The van der Waals surface area contributed by atoms with Crippen LogP contribution in [0.4, 0.5) is 0 Å². The lowest BCUT2D eigenvalue weighted by atomic mass is 9.89. The minimum absolute atomic E-state index is 0.0583. The van der Waals surface area contributed by atoms with Crippen LogP contribution in [0.15, 0.2) is 27.0 Å². The lowest BCUT2D eigenvalue weighted by Crippen LogP contribution is -2.56. The molecule has 1 aromatic rings. The van der Waals surface area contributed by atoms with Gasteiger partial charge in [0.15, 0.2) is 0 Å². The van der Waals surface area contributed by atoms with Gasteiger partial charge >= 0.3 is 17.1 Å². The third kappa shape index (κ3) is 7.59. The molecule has 8 heteroatoms. The second-order valence-electron chi connectivity index (χ2n) is 7.83. The van der Waals surface area contributed by atoms with Crippen molar-refractivity contribution in [3.05, 3.63) is 44.1 Å². The van der Waals surface area contributed by atoms with Gasteiger partial charge in [0.1, 0.15) is 0 Å². The lowest BCUT2D eigenvalue weighted by Gasteiger charge is -2.23. The summed E-state index contributed by atoms with van der Waals surface area (Å²) >= 11 is 0. The van der Waals surface area contributed by atoms with Crippen molar-refractivity contribution < 1.29 is 10.2 Å². The smallest absolute Gasteiger partial charge is 0.336 e. The number of aliphatic hydroxyl groups is 2. The molecule has 0 radical (unpaired) electrons. The van der Waals surface area contributed by atoms with E-state index in [9.17, 15) is 24.6 Å². The van der Waals surface area contributed by atoms with Crippen molar-refractivity contribution in [2.75, 3.05) is 0 Å². The number of hydrogen-bond acceptors (Lipinski definition) is 5. The van der Waals surface area contributed by atoms with E-state index >= 15 is 0 Å². The number of aromatic nitrogens is 3. The Morgan fingerprint density at radius 1 is 0.929 bits per heavy atom. The SMILES string of the molecule is C=CCn1c(=O)n(CC(O)CCC)c(=O)n(CC(O)CC(C)(C)C)c1=O.CC. The van der Waals surface area contributed by atoms with E-state index in [0.717, 1.165) is 13.7 Å². The first kappa shape index (κ1) is 26.1. The molecule has 0 saturated carbocycles. The van der Waals surface area contributed by atoms with Crippen molar-refractivity contribution in [1.29, 1.82) is 0 Å². The van der Waals surface area contributed by atoms with Gasteiger partial charge in [-0.25, -0.2) is 28.1 Å². The van der Waals surface area contributed by atoms with Crippen molar-refractivity contribution in [3.63, 3.8) is 0 Å². The fraction of sp³-hybridized carbons (Fsp3) is 0.750. The first-order valence-electron chi connectivity index (χ1n) is 9.93. The number of rotatable bonds is 9. The maximum atomic E-state index is 12.7. The molecule has 0 aromatic carbocycles.